The molecule has 1 aliphatic heterocycles. The van der Waals surface area contributed by atoms with Crippen LogP contribution in [-0.4, -0.2) is 38.2 Å². The maximum absolute atomic E-state index is 11.7. The summed E-state index contributed by atoms with van der Waals surface area (Å²) in [6.45, 7) is 4.51. The molecule has 0 bridgehead atoms. The second-order valence-electron chi connectivity index (χ2n) is 6.15. The van der Waals surface area contributed by atoms with E-state index >= 15 is 0 Å². The van der Waals surface area contributed by atoms with Crippen LogP contribution in [0.1, 0.15) is 58.3 Å². The van der Waals surface area contributed by atoms with Crippen molar-refractivity contribution in [2.75, 3.05) is 26.3 Å². The van der Waals surface area contributed by atoms with E-state index in [-0.39, 0.29) is 29.9 Å². The fraction of sp³-hybridized carbons (Fsp3) is 0.875. The molecule has 0 radical (unpaired) electrons. The Morgan fingerprint density at radius 3 is 2.35 bits per heavy atom. The zero-order valence-electron chi connectivity index (χ0n) is 14.3. The van der Waals surface area contributed by atoms with E-state index < -0.39 is 5.41 Å². The molecule has 1 fully saturated rings. The van der Waals surface area contributed by atoms with E-state index in [1.54, 1.807) is 0 Å². The van der Waals surface area contributed by atoms with Crippen molar-refractivity contribution in [1.29, 1.82) is 0 Å². The number of nitrogens with two attached hydrogens (primary N) is 2. The minimum Gasteiger partial charge on any atom is -0.381 e. The second-order valence-corrected chi connectivity index (χ2v) is 6.15. The van der Waals surface area contributed by atoms with Gasteiger partial charge in [0.25, 0.3) is 0 Å². The number of aliphatic imine (C=N–C) groups is 1. The van der Waals surface area contributed by atoms with Crippen molar-refractivity contribution in [3.05, 3.63) is 0 Å². The van der Waals surface area contributed by atoms with E-state index in [2.05, 4.69) is 17.2 Å². The summed E-state index contributed by atoms with van der Waals surface area (Å²) in [5, 5.41) is 3.11. The van der Waals surface area contributed by atoms with Crippen molar-refractivity contribution in [2.24, 2.45) is 21.9 Å². The number of hydrogen-bond donors (Lipinski definition) is 3. The van der Waals surface area contributed by atoms with E-state index in [0.29, 0.717) is 38.6 Å². The lowest BCUT2D eigenvalue weighted by Crippen LogP contribution is -2.45. The molecular formula is C16H33IN4O2. The van der Waals surface area contributed by atoms with Gasteiger partial charge in [-0.2, -0.15) is 0 Å². The van der Waals surface area contributed by atoms with Gasteiger partial charge in [0.15, 0.2) is 5.96 Å². The van der Waals surface area contributed by atoms with Crippen molar-refractivity contribution < 1.29 is 9.53 Å². The Morgan fingerprint density at radius 2 is 1.74 bits per heavy atom. The third kappa shape index (κ3) is 8.74. The number of rotatable bonds is 10. The molecule has 1 aliphatic rings. The minimum atomic E-state index is -0.593. The molecule has 0 aromatic heterocycles. The van der Waals surface area contributed by atoms with Gasteiger partial charge in [-0.25, -0.2) is 0 Å². The maximum atomic E-state index is 11.7. The van der Waals surface area contributed by atoms with Gasteiger partial charge < -0.3 is 21.5 Å². The Labute approximate surface area is 157 Å². The van der Waals surface area contributed by atoms with Crippen molar-refractivity contribution in [2.45, 2.75) is 58.3 Å². The van der Waals surface area contributed by atoms with Crippen LogP contribution in [0.4, 0.5) is 0 Å². The summed E-state index contributed by atoms with van der Waals surface area (Å²) in [5.74, 6) is 0.101. The Kier molecular flexibility index (Phi) is 12.5. The average molecular weight is 440 g/mol. The topological polar surface area (TPSA) is 103 Å². The summed E-state index contributed by atoms with van der Waals surface area (Å²) in [4.78, 5) is 16.0. The molecule has 0 unspecified atom stereocenters. The van der Waals surface area contributed by atoms with Crippen LogP contribution in [0.2, 0.25) is 0 Å². The second kappa shape index (κ2) is 12.8. The molecule has 0 saturated carbocycles. The highest BCUT2D eigenvalue weighted by Gasteiger charge is 2.38. The Hall–Kier alpha value is -0.570. The van der Waals surface area contributed by atoms with E-state index in [1.807, 2.05) is 0 Å². The molecule has 1 amide bonds. The maximum Gasteiger partial charge on any atom is 0.225 e. The van der Waals surface area contributed by atoms with Crippen LogP contribution in [0.15, 0.2) is 4.99 Å². The number of halogens is 1. The van der Waals surface area contributed by atoms with Crippen molar-refractivity contribution in [1.82, 2.24) is 5.32 Å². The number of carbonyl (C=O) groups is 1. The van der Waals surface area contributed by atoms with Crippen molar-refractivity contribution in [3.8, 4) is 0 Å². The molecule has 0 aliphatic carbocycles. The van der Waals surface area contributed by atoms with E-state index in [1.165, 1.54) is 32.1 Å². The predicted octanol–water partition coefficient (Wildman–Crippen LogP) is 2.15. The fourth-order valence-corrected chi connectivity index (χ4v) is 2.66. The quantitative estimate of drug-likeness (QED) is 0.210. The number of unbranched alkanes of at least 4 members (excludes halogenated alkanes) is 5. The fourth-order valence-electron chi connectivity index (χ4n) is 2.66. The SMILES string of the molecule is CCCCCCCCNC(N)=NCC1(C(N)=O)CCOCC1.I. The molecule has 1 heterocycles. The number of nitrogens with one attached hydrogen (secondary N) is 1. The standard InChI is InChI=1S/C16H32N4O2.HI/c1-2-3-4-5-6-7-10-19-15(18)20-13-16(14(17)21)8-11-22-12-9-16;/h2-13H2,1H3,(H2,17,21)(H3,18,19,20);1H. The third-order valence-electron chi connectivity index (χ3n) is 4.36. The zero-order valence-corrected chi connectivity index (χ0v) is 16.6. The first-order valence-electron chi connectivity index (χ1n) is 8.52. The van der Waals surface area contributed by atoms with E-state index in [4.69, 9.17) is 16.2 Å². The van der Waals surface area contributed by atoms with Gasteiger partial charge in [-0.05, 0) is 19.3 Å². The van der Waals surface area contributed by atoms with Crippen LogP contribution in [0.3, 0.4) is 0 Å². The number of nitrogens with zero attached hydrogens (tertiary/aromatic N) is 1. The summed E-state index contributed by atoms with van der Waals surface area (Å²) >= 11 is 0. The van der Waals surface area contributed by atoms with Gasteiger partial charge in [-0.1, -0.05) is 39.0 Å². The van der Waals surface area contributed by atoms with Gasteiger partial charge in [-0.15, -0.1) is 24.0 Å². The van der Waals surface area contributed by atoms with Gasteiger partial charge in [0.05, 0.1) is 12.0 Å². The first kappa shape index (κ1) is 22.4. The number of hydrogen-bond acceptors (Lipinski definition) is 3. The summed E-state index contributed by atoms with van der Waals surface area (Å²) in [5.41, 5.74) is 10.8. The average Bonchev–Trinajstić information content (AvgIpc) is 2.53. The monoisotopic (exact) mass is 440 g/mol. The predicted molar refractivity (Wildman–Crippen MR) is 105 cm³/mol. The number of amides is 1. The Morgan fingerprint density at radius 1 is 1.13 bits per heavy atom. The molecule has 1 rings (SSSR count). The van der Waals surface area contributed by atoms with Crippen LogP contribution in [0, 0.1) is 5.41 Å². The van der Waals surface area contributed by atoms with Crippen LogP contribution in [0.25, 0.3) is 0 Å². The summed E-state index contributed by atoms with van der Waals surface area (Å²) in [6, 6.07) is 0. The molecular weight excluding hydrogens is 407 g/mol. The van der Waals surface area contributed by atoms with Crippen LogP contribution in [-0.2, 0) is 9.53 Å². The van der Waals surface area contributed by atoms with Crippen LogP contribution < -0.4 is 16.8 Å². The van der Waals surface area contributed by atoms with E-state index in [0.717, 1.165) is 13.0 Å². The van der Waals surface area contributed by atoms with Gasteiger partial charge in [-0.3, -0.25) is 9.79 Å². The van der Waals surface area contributed by atoms with Gasteiger partial charge >= 0.3 is 0 Å². The van der Waals surface area contributed by atoms with Crippen LogP contribution in [0.5, 0.6) is 0 Å². The summed E-state index contributed by atoms with van der Waals surface area (Å²) in [7, 11) is 0. The van der Waals surface area contributed by atoms with E-state index in [9.17, 15) is 4.79 Å². The highest BCUT2D eigenvalue weighted by Crippen LogP contribution is 2.30. The van der Waals surface area contributed by atoms with Gasteiger partial charge in [0, 0.05) is 19.8 Å². The molecule has 1 saturated heterocycles. The molecule has 7 heteroatoms. The lowest BCUT2D eigenvalue weighted by molar-refractivity contribution is -0.132. The molecule has 6 nitrogen and oxygen atoms in total. The van der Waals surface area contributed by atoms with Gasteiger partial charge in [0.2, 0.25) is 5.91 Å². The normalized spacial score (nSPS) is 17.3. The zero-order chi connectivity index (χ0) is 16.3. The highest BCUT2D eigenvalue weighted by molar-refractivity contribution is 14.0. The lowest BCUT2D eigenvalue weighted by atomic mass is 9.79. The largest absolute Gasteiger partial charge is 0.381 e. The summed E-state index contributed by atoms with van der Waals surface area (Å²) in [6.07, 6.45) is 8.71. The lowest BCUT2D eigenvalue weighted by Gasteiger charge is -2.32. The number of carbonyl (C=O) groups excluding carboxylic acids is 1. The number of guanidine groups is 1. The number of ether oxygens (including phenoxy) is 1. The van der Waals surface area contributed by atoms with Gasteiger partial charge in [0.1, 0.15) is 0 Å². The molecule has 0 aromatic carbocycles. The smallest absolute Gasteiger partial charge is 0.225 e. The van der Waals surface area contributed by atoms with Crippen molar-refractivity contribution in [3.63, 3.8) is 0 Å². The Balaban J connectivity index is 0.00000484. The van der Waals surface area contributed by atoms with Crippen LogP contribution >= 0.6 is 24.0 Å². The number of primary amides is 1. The molecule has 5 N–H and O–H groups in total. The Bertz CT molecular complexity index is 358. The first-order valence-corrected chi connectivity index (χ1v) is 8.52. The molecule has 0 aromatic rings. The third-order valence-corrected chi connectivity index (χ3v) is 4.36. The van der Waals surface area contributed by atoms with Crippen molar-refractivity contribution >= 4 is 35.8 Å². The summed E-state index contributed by atoms with van der Waals surface area (Å²) < 4.78 is 5.30. The highest BCUT2D eigenvalue weighted by atomic mass is 127. The molecule has 23 heavy (non-hydrogen) atoms. The first-order chi connectivity index (χ1) is 10.6. The molecule has 0 spiro atoms. The molecule has 0 atom stereocenters. The minimum absolute atomic E-state index is 0. The molecule has 136 valence electrons.